The Morgan fingerprint density at radius 2 is 1.39 bits per heavy atom. The summed E-state index contributed by atoms with van der Waals surface area (Å²) in [5.74, 6) is 1.75. The Balaban J connectivity index is 1.36. The van der Waals surface area contributed by atoms with Crippen molar-refractivity contribution < 1.29 is 53.1 Å². The van der Waals surface area contributed by atoms with Crippen molar-refractivity contribution in [3.8, 4) is 23.3 Å². The molecule has 9 rings (SSSR count). The number of cyclic esters (lactones) is 1. The molecule has 8 atom stereocenters. The van der Waals surface area contributed by atoms with Gasteiger partial charge in [0.1, 0.15) is 41.7 Å². The van der Waals surface area contributed by atoms with Gasteiger partial charge in [-0.05, 0) is 76.7 Å². The molecular formula is C59H56N4O11. The molecule has 4 amide bonds. The van der Waals surface area contributed by atoms with Crippen LogP contribution in [0.15, 0.2) is 158 Å². The van der Waals surface area contributed by atoms with Gasteiger partial charge in [-0.25, -0.2) is 14.5 Å². The number of hydrogen-bond donors (Lipinski definition) is 4. The molecule has 1 spiro atoms. The third kappa shape index (κ3) is 9.35. The van der Waals surface area contributed by atoms with E-state index in [1.165, 1.54) is 7.11 Å². The van der Waals surface area contributed by atoms with Gasteiger partial charge in [0.15, 0.2) is 0 Å². The molecule has 0 aliphatic carbocycles. The summed E-state index contributed by atoms with van der Waals surface area (Å²) in [6.45, 7) is 2.57. The number of anilines is 1. The number of carbonyl (C=O) groups is 5. The van der Waals surface area contributed by atoms with Crippen LogP contribution in [0.1, 0.15) is 77.1 Å². The Labute approximate surface area is 429 Å². The number of esters is 2. The molecule has 3 aliphatic rings. The lowest BCUT2D eigenvalue weighted by Gasteiger charge is -2.46. The SMILES string of the molecule is COC(=O)[C@@H](NC(=O)N1C(=O)[C@@]2(c3cc(C#Cc4ccc(OC)cc4)ccc31)[C@H](c1ccccc1OCCO)N1[C@H](c3ccccc3)[C@H](c3ccccc3)OC(=O)[C@H]1[C@@H]2C(=O)NC[C@H](O)c1ccccc1)C(C)C. The fourth-order valence-corrected chi connectivity index (χ4v) is 10.7. The van der Waals surface area contributed by atoms with Crippen LogP contribution in [0.5, 0.6) is 11.5 Å². The van der Waals surface area contributed by atoms with Crippen molar-refractivity contribution in [2.45, 2.75) is 55.6 Å². The van der Waals surface area contributed by atoms with Crippen LogP contribution in [0.4, 0.5) is 10.5 Å². The first-order valence-corrected chi connectivity index (χ1v) is 24.4. The fourth-order valence-electron chi connectivity index (χ4n) is 10.7. The van der Waals surface area contributed by atoms with Crippen molar-refractivity contribution in [3.63, 3.8) is 0 Å². The van der Waals surface area contributed by atoms with Gasteiger partial charge in [-0.3, -0.25) is 19.3 Å². The number of carbonyl (C=O) groups excluding carboxylic acids is 5. The fraction of sp³-hybridized carbons (Fsp3) is 0.271. The van der Waals surface area contributed by atoms with E-state index in [4.69, 9.17) is 18.9 Å². The standard InChI is InChI=1S/C59H56N4O11/c1-36(2)49(55(67)72-4)61-58(70)62-45-31-28-38(25-24-37-26-29-42(71-3)30-27-37)34-44(45)59(57(62)69)48(54(66)60-35-46(65)39-16-8-5-9-17-39)51-56(68)74-52(41-20-12-7-13-21-41)50(40-18-10-6-11-19-40)63(51)53(59)43-22-14-15-23-47(43)73-33-32-64/h5-23,26-31,34,36,46,48-53,64-65H,32-33,35H2,1-4H3,(H,60,66)(H,61,70)/t46-,48+,49-,50+,51+,52-,53-,59+/m0/s1. The number of hydrogen-bond acceptors (Lipinski definition) is 12. The lowest BCUT2D eigenvalue weighted by atomic mass is 9.65. The molecule has 3 aliphatic heterocycles. The van der Waals surface area contributed by atoms with Crippen LogP contribution in [0.3, 0.4) is 0 Å². The molecule has 3 heterocycles. The number of para-hydroxylation sites is 1. The number of rotatable bonds is 14. The predicted molar refractivity (Wildman–Crippen MR) is 274 cm³/mol. The highest BCUT2D eigenvalue weighted by molar-refractivity contribution is 6.25. The zero-order valence-corrected chi connectivity index (χ0v) is 41.2. The van der Waals surface area contributed by atoms with Gasteiger partial charge in [0.25, 0.3) is 0 Å². The number of morpholine rings is 1. The molecule has 4 N–H and O–H groups in total. The largest absolute Gasteiger partial charge is 0.497 e. The molecule has 74 heavy (non-hydrogen) atoms. The van der Waals surface area contributed by atoms with E-state index in [1.54, 1.807) is 118 Å². The number of methoxy groups -OCH3 is 2. The molecule has 0 saturated carbocycles. The van der Waals surface area contributed by atoms with Crippen LogP contribution in [-0.2, 0) is 34.1 Å². The van der Waals surface area contributed by atoms with E-state index in [1.807, 2.05) is 65.6 Å². The molecule has 2 fully saturated rings. The van der Waals surface area contributed by atoms with Crippen LogP contribution in [0, 0.1) is 23.7 Å². The van der Waals surface area contributed by atoms with Crippen molar-refractivity contribution in [3.05, 3.63) is 197 Å². The lowest BCUT2D eigenvalue weighted by Crippen LogP contribution is -2.58. The molecule has 15 nitrogen and oxygen atoms in total. The number of aliphatic hydroxyl groups is 2. The molecule has 0 unspecified atom stereocenters. The number of benzene rings is 6. The van der Waals surface area contributed by atoms with Crippen LogP contribution in [-0.4, -0.2) is 91.0 Å². The number of fused-ring (bicyclic) bond motifs is 3. The van der Waals surface area contributed by atoms with Crippen LogP contribution in [0.2, 0.25) is 0 Å². The van der Waals surface area contributed by atoms with Crippen molar-refractivity contribution in [2.75, 3.05) is 38.9 Å². The first-order chi connectivity index (χ1) is 35.9. The predicted octanol–water partition coefficient (Wildman–Crippen LogP) is 6.89. The van der Waals surface area contributed by atoms with E-state index in [-0.39, 0.29) is 36.8 Å². The summed E-state index contributed by atoms with van der Waals surface area (Å²) in [6, 6.07) is 40.1. The van der Waals surface area contributed by atoms with E-state index in [2.05, 4.69) is 22.5 Å². The Bertz CT molecular complexity index is 3090. The molecule has 6 aromatic rings. The highest BCUT2D eigenvalue weighted by atomic mass is 16.6. The Hall–Kier alpha value is -8.29. The number of urea groups is 1. The smallest absolute Gasteiger partial charge is 0.329 e. The first-order valence-electron chi connectivity index (χ1n) is 24.4. The molecule has 6 aromatic carbocycles. The maximum atomic E-state index is 16.8. The summed E-state index contributed by atoms with van der Waals surface area (Å²) in [5, 5.41) is 27.4. The second-order valence-electron chi connectivity index (χ2n) is 18.6. The second kappa shape index (κ2) is 21.8. The molecule has 2 saturated heterocycles. The molecule has 378 valence electrons. The number of nitrogens with zero attached hydrogens (tertiary/aromatic N) is 2. The van der Waals surface area contributed by atoms with Gasteiger partial charge in [-0.1, -0.05) is 135 Å². The van der Waals surface area contributed by atoms with E-state index in [9.17, 15) is 15.0 Å². The van der Waals surface area contributed by atoms with Gasteiger partial charge in [-0.2, -0.15) is 0 Å². The average Bonchev–Trinajstić information content (AvgIpc) is 3.90. The quantitative estimate of drug-likeness (QED) is 0.0654. The molecule has 0 aromatic heterocycles. The zero-order valence-electron chi connectivity index (χ0n) is 41.2. The average molecular weight is 997 g/mol. The number of amides is 4. The molecular weight excluding hydrogens is 941 g/mol. The number of imide groups is 1. The summed E-state index contributed by atoms with van der Waals surface area (Å²) in [6.07, 6.45) is -2.23. The third-order valence-corrected chi connectivity index (χ3v) is 14.0. The Morgan fingerprint density at radius 1 is 0.770 bits per heavy atom. The second-order valence-corrected chi connectivity index (χ2v) is 18.6. The van der Waals surface area contributed by atoms with Gasteiger partial charge in [0, 0.05) is 23.2 Å². The van der Waals surface area contributed by atoms with Gasteiger partial charge in [0.05, 0.1) is 50.6 Å². The van der Waals surface area contributed by atoms with Gasteiger partial charge >= 0.3 is 18.0 Å². The topological polar surface area (TPSA) is 193 Å². The van der Waals surface area contributed by atoms with Crippen molar-refractivity contribution >= 4 is 35.5 Å². The highest BCUT2D eigenvalue weighted by Crippen LogP contribution is 2.66. The first kappa shape index (κ1) is 50.6. The van der Waals surface area contributed by atoms with E-state index in [0.29, 0.717) is 39.1 Å². The van der Waals surface area contributed by atoms with E-state index in [0.717, 1.165) is 4.90 Å². The Morgan fingerprint density at radius 3 is 2.04 bits per heavy atom. The maximum absolute atomic E-state index is 16.8. The Kier molecular flexibility index (Phi) is 14.9. The summed E-state index contributed by atoms with van der Waals surface area (Å²) >= 11 is 0. The van der Waals surface area contributed by atoms with Gasteiger partial charge < -0.3 is 39.8 Å². The molecule has 0 bridgehead atoms. The maximum Gasteiger partial charge on any atom is 0.329 e. The van der Waals surface area contributed by atoms with Crippen molar-refractivity contribution in [1.82, 2.24) is 15.5 Å². The van der Waals surface area contributed by atoms with Crippen LogP contribution in [0.25, 0.3) is 0 Å². The number of aliphatic hydroxyl groups excluding tert-OH is 2. The minimum absolute atomic E-state index is 0.0554. The van der Waals surface area contributed by atoms with Gasteiger partial charge in [0.2, 0.25) is 11.8 Å². The van der Waals surface area contributed by atoms with E-state index < -0.39 is 83.4 Å². The highest BCUT2D eigenvalue weighted by Gasteiger charge is 2.76. The monoisotopic (exact) mass is 996 g/mol. The van der Waals surface area contributed by atoms with Crippen molar-refractivity contribution in [1.29, 1.82) is 0 Å². The lowest BCUT2D eigenvalue weighted by molar-refractivity contribution is -0.178. The molecule has 0 radical (unpaired) electrons. The summed E-state index contributed by atoms with van der Waals surface area (Å²) in [5.41, 5.74) is 1.15. The van der Waals surface area contributed by atoms with Crippen molar-refractivity contribution in [2.24, 2.45) is 11.8 Å². The summed E-state index contributed by atoms with van der Waals surface area (Å²) in [7, 11) is 2.76. The third-order valence-electron chi connectivity index (χ3n) is 14.0. The normalized spacial score (nSPS) is 21.6. The number of nitrogens with one attached hydrogen (secondary N) is 2. The zero-order chi connectivity index (χ0) is 52.1. The van der Waals surface area contributed by atoms with E-state index >= 15 is 19.2 Å². The molecule has 15 heteroatoms. The minimum atomic E-state index is -2.24. The summed E-state index contributed by atoms with van der Waals surface area (Å²) < 4.78 is 23.4. The van der Waals surface area contributed by atoms with Crippen LogP contribution < -0.4 is 25.0 Å². The number of ether oxygens (including phenoxy) is 4. The summed E-state index contributed by atoms with van der Waals surface area (Å²) in [4.78, 5) is 79.6. The van der Waals surface area contributed by atoms with Gasteiger partial charge in [-0.15, -0.1) is 0 Å². The minimum Gasteiger partial charge on any atom is -0.497 e. The van der Waals surface area contributed by atoms with Crippen LogP contribution >= 0.6 is 0 Å².